The van der Waals surface area contributed by atoms with Crippen LogP contribution in [0.15, 0.2) is 70.2 Å². The summed E-state index contributed by atoms with van der Waals surface area (Å²) in [5, 5.41) is 2.59. The first-order valence-electron chi connectivity index (χ1n) is 9.21. The van der Waals surface area contributed by atoms with Crippen molar-refractivity contribution in [3.8, 4) is 5.75 Å². The smallest absolute Gasteiger partial charge is 0.339 e. The predicted molar refractivity (Wildman–Crippen MR) is 117 cm³/mol. The maximum absolute atomic E-state index is 12.6. The van der Waals surface area contributed by atoms with E-state index in [1.54, 1.807) is 30.5 Å². The number of hydrogen-bond donors (Lipinski definition) is 0. The molecule has 0 N–H and O–H groups in total. The molecule has 0 aliphatic carbocycles. The molecule has 3 heterocycles. The van der Waals surface area contributed by atoms with Gasteiger partial charge in [0.2, 0.25) is 0 Å². The van der Waals surface area contributed by atoms with E-state index < -0.39 is 5.97 Å². The summed E-state index contributed by atoms with van der Waals surface area (Å²) in [6.45, 7) is 0.207. The molecule has 0 bridgehead atoms. The van der Waals surface area contributed by atoms with Crippen molar-refractivity contribution in [2.45, 2.75) is 6.61 Å². The van der Waals surface area contributed by atoms with Gasteiger partial charge in [0.1, 0.15) is 12.4 Å². The Labute approximate surface area is 179 Å². The summed E-state index contributed by atoms with van der Waals surface area (Å²) in [5.74, 6) is 0.146. The Kier molecular flexibility index (Phi) is 4.40. The summed E-state index contributed by atoms with van der Waals surface area (Å²) in [5.41, 5.74) is 2.88. The average molecular weight is 463 g/mol. The number of esters is 1. The van der Waals surface area contributed by atoms with Crippen molar-refractivity contribution in [1.82, 2.24) is 9.38 Å². The molecule has 0 amide bonds. The normalized spacial score (nSPS) is 11.4. The summed E-state index contributed by atoms with van der Waals surface area (Å²) in [4.78, 5) is 28.3. The van der Waals surface area contributed by atoms with Crippen LogP contribution in [0.2, 0.25) is 0 Å². The zero-order valence-corrected chi connectivity index (χ0v) is 17.5. The largest absolute Gasteiger partial charge is 0.487 e. The van der Waals surface area contributed by atoms with Crippen molar-refractivity contribution < 1.29 is 14.3 Å². The van der Waals surface area contributed by atoms with Gasteiger partial charge in [-0.1, -0.05) is 15.9 Å². The molecule has 148 valence electrons. The van der Waals surface area contributed by atoms with Crippen LogP contribution in [0.25, 0.3) is 27.2 Å². The molecule has 7 heteroatoms. The van der Waals surface area contributed by atoms with Gasteiger partial charge >= 0.3 is 5.97 Å². The van der Waals surface area contributed by atoms with Crippen molar-refractivity contribution >= 4 is 49.1 Å². The number of hydrogen-bond acceptors (Lipinski definition) is 5. The molecule has 0 saturated heterocycles. The van der Waals surface area contributed by atoms with E-state index in [1.807, 2.05) is 28.7 Å². The Bertz CT molecular complexity index is 1470. The van der Waals surface area contributed by atoms with E-state index in [2.05, 4.69) is 25.7 Å². The Hall–Kier alpha value is -3.45. The van der Waals surface area contributed by atoms with Crippen LogP contribution in [0.4, 0.5) is 0 Å². The summed E-state index contributed by atoms with van der Waals surface area (Å²) < 4.78 is 13.6. The summed E-state index contributed by atoms with van der Waals surface area (Å²) in [6.07, 6.45) is 3.26. The highest BCUT2D eigenvalue weighted by atomic mass is 79.9. The maximum atomic E-state index is 12.6. The lowest BCUT2D eigenvalue weighted by Gasteiger charge is -2.08. The molecule has 0 unspecified atom stereocenters. The minimum absolute atomic E-state index is 0.0552. The number of aromatic nitrogens is 2. The van der Waals surface area contributed by atoms with Crippen molar-refractivity contribution in [3.63, 3.8) is 0 Å². The van der Waals surface area contributed by atoms with Crippen LogP contribution in [0, 0.1) is 0 Å². The Morgan fingerprint density at radius 1 is 1.07 bits per heavy atom. The van der Waals surface area contributed by atoms with Gasteiger partial charge in [-0.25, -0.2) is 4.79 Å². The minimum Gasteiger partial charge on any atom is -0.487 e. The Morgan fingerprint density at radius 2 is 1.90 bits per heavy atom. The van der Waals surface area contributed by atoms with E-state index >= 15 is 0 Å². The van der Waals surface area contributed by atoms with Crippen LogP contribution in [0.5, 0.6) is 5.75 Å². The molecule has 0 radical (unpaired) electrons. The van der Waals surface area contributed by atoms with Crippen LogP contribution in [-0.4, -0.2) is 22.5 Å². The van der Waals surface area contributed by atoms with Crippen molar-refractivity contribution in [3.05, 3.63) is 86.9 Å². The van der Waals surface area contributed by atoms with E-state index in [4.69, 9.17) is 4.74 Å². The van der Waals surface area contributed by atoms with Gasteiger partial charge in [0.25, 0.3) is 0 Å². The number of methoxy groups -OCH3 is 1. The molecule has 30 heavy (non-hydrogen) atoms. The van der Waals surface area contributed by atoms with Crippen LogP contribution in [0.3, 0.4) is 0 Å². The Morgan fingerprint density at radius 3 is 2.67 bits per heavy atom. The fourth-order valence-electron chi connectivity index (χ4n) is 3.69. The highest BCUT2D eigenvalue weighted by Gasteiger charge is 2.15. The van der Waals surface area contributed by atoms with Gasteiger partial charge < -0.3 is 13.9 Å². The third-order valence-electron chi connectivity index (χ3n) is 5.11. The van der Waals surface area contributed by atoms with Gasteiger partial charge in [0, 0.05) is 33.7 Å². The second kappa shape index (κ2) is 7.11. The average Bonchev–Trinajstić information content (AvgIpc) is 3.08. The van der Waals surface area contributed by atoms with Gasteiger partial charge in [-0.2, -0.15) is 0 Å². The zero-order valence-electron chi connectivity index (χ0n) is 15.9. The summed E-state index contributed by atoms with van der Waals surface area (Å²) in [6, 6.07) is 14.7. The molecule has 0 saturated carbocycles. The first kappa shape index (κ1) is 18.6. The van der Waals surface area contributed by atoms with E-state index in [-0.39, 0.29) is 12.0 Å². The van der Waals surface area contributed by atoms with E-state index in [9.17, 15) is 9.59 Å². The standard InChI is InChI=1S/C23H15BrN2O4/c1-29-23(28)13-2-4-15(25-11-13)12-30-16-9-18-17-8-14(24)3-5-20(17)26-7-6-21(27)19(10-16)22(18)26/h2-11H,12H2,1H3. The molecular weight excluding hydrogens is 448 g/mol. The van der Waals surface area contributed by atoms with Gasteiger partial charge in [-0.3, -0.25) is 9.78 Å². The lowest BCUT2D eigenvalue weighted by molar-refractivity contribution is 0.0600. The van der Waals surface area contributed by atoms with E-state index in [0.717, 1.165) is 26.3 Å². The third kappa shape index (κ3) is 2.98. The number of pyridine rings is 2. The number of ether oxygens (including phenoxy) is 2. The maximum Gasteiger partial charge on any atom is 0.339 e. The van der Waals surface area contributed by atoms with Crippen molar-refractivity contribution in [2.24, 2.45) is 0 Å². The fourth-order valence-corrected chi connectivity index (χ4v) is 4.05. The van der Waals surface area contributed by atoms with Crippen molar-refractivity contribution in [2.75, 3.05) is 7.11 Å². The molecule has 6 nitrogen and oxygen atoms in total. The quantitative estimate of drug-likeness (QED) is 0.366. The minimum atomic E-state index is -0.436. The number of nitrogens with zero attached hydrogens (tertiary/aromatic N) is 2. The van der Waals surface area contributed by atoms with Gasteiger partial charge in [0.15, 0.2) is 5.43 Å². The molecular formula is C23H15BrN2O4. The molecule has 5 aromatic rings. The summed E-state index contributed by atoms with van der Waals surface area (Å²) >= 11 is 3.53. The van der Waals surface area contributed by atoms with Crippen LogP contribution < -0.4 is 10.2 Å². The molecule has 2 aromatic carbocycles. The van der Waals surface area contributed by atoms with Crippen LogP contribution >= 0.6 is 15.9 Å². The predicted octanol–water partition coefficient (Wildman–Crippen LogP) is 4.57. The highest BCUT2D eigenvalue weighted by molar-refractivity contribution is 9.10. The fraction of sp³-hybridized carbons (Fsp3) is 0.0870. The SMILES string of the molecule is COC(=O)c1ccc(COc2cc3c(=O)ccn4c5ccc(Br)cc5c(c2)c34)nc1. The Balaban J connectivity index is 1.56. The highest BCUT2D eigenvalue weighted by Crippen LogP contribution is 2.35. The summed E-state index contributed by atoms with van der Waals surface area (Å²) in [7, 11) is 1.33. The number of carbonyl (C=O) groups excluding carboxylic acids is 1. The second-order valence-corrected chi connectivity index (χ2v) is 7.81. The lowest BCUT2D eigenvalue weighted by Crippen LogP contribution is -2.05. The number of fused-ring (bicyclic) bond motifs is 3. The van der Waals surface area contributed by atoms with Gasteiger partial charge in [-0.15, -0.1) is 0 Å². The van der Waals surface area contributed by atoms with E-state index in [1.165, 1.54) is 13.3 Å². The molecule has 0 aliphatic heterocycles. The van der Waals surface area contributed by atoms with Gasteiger partial charge in [0.05, 0.1) is 34.8 Å². The number of halogens is 1. The molecule has 3 aromatic heterocycles. The molecule has 0 aliphatic rings. The number of carbonyl (C=O) groups is 1. The first-order valence-corrected chi connectivity index (χ1v) is 10.0. The molecule has 0 fully saturated rings. The molecule has 0 atom stereocenters. The molecule has 5 rings (SSSR count). The second-order valence-electron chi connectivity index (χ2n) is 6.90. The number of rotatable bonds is 4. The topological polar surface area (TPSA) is 69.9 Å². The van der Waals surface area contributed by atoms with Crippen molar-refractivity contribution in [1.29, 1.82) is 0 Å². The zero-order chi connectivity index (χ0) is 20.8. The molecule has 0 spiro atoms. The van der Waals surface area contributed by atoms with E-state index in [0.29, 0.717) is 22.4 Å². The lowest BCUT2D eigenvalue weighted by atomic mass is 10.1. The van der Waals surface area contributed by atoms with Crippen LogP contribution in [0.1, 0.15) is 16.1 Å². The third-order valence-corrected chi connectivity index (χ3v) is 5.60. The number of benzene rings is 2. The first-order chi connectivity index (χ1) is 14.5. The van der Waals surface area contributed by atoms with Crippen LogP contribution in [-0.2, 0) is 11.3 Å². The monoisotopic (exact) mass is 462 g/mol. The van der Waals surface area contributed by atoms with Gasteiger partial charge in [-0.05, 0) is 42.5 Å².